The van der Waals surface area contributed by atoms with Gasteiger partial charge in [-0.25, -0.2) is 15.0 Å². The third kappa shape index (κ3) is 5.62. The minimum absolute atomic E-state index is 0.0341. The Morgan fingerprint density at radius 3 is 2.62 bits per heavy atom. The SMILES string of the molecule is Cc1cc(F)nc(COc2cc(C)n(C3=CC(c4nc(C(C)(C)O)ncc4C)=NC[C@H]3C)c(=O)c2Cl)c1. The van der Waals surface area contributed by atoms with Gasteiger partial charge in [-0.05, 0) is 64.0 Å². The van der Waals surface area contributed by atoms with Crippen LogP contribution in [0.4, 0.5) is 4.39 Å². The van der Waals surface area contributed by atoms with Crippen LogP contribution in [0.25, 0.3) is 5.70 Å². The van der Waals surface area contributed by atoms with E-state index < -0.39 is 17.1 Å². The molecule has 0 fully saturated rings. The number of aliphatic hydroxyl groups is 1. The summed E-state index contributed by atoms with van der Waals surface area (Å²) >= 11 is 6.46. The van der Waals surface area contributed by atoms with Gasteiger partial charge in [0.05, 0.1) is 17.1 Å². The number of rotatable bonds is 6. The van der Waals surface area contributed by atoms with Gasteiger partial charge in [-0.1, -0.05) is 18.5 Å². The molecule has 1 aliphatic heterocycles. The molecule has 0 bridgehead atoms. The predicted octanol–water partition coefficient (Wildman–Crippen LogP) is 4.54. The maximum atomic E-state index is 13.6. The van der Waals surface area contributed by atoms with Crippen LogP contribution in [-0.2, 0) is 12.2 Å². The molecule has 1 N–H and O–H groups in total. The van der Waals surface area contributed by atoms with E-state index in [0.29, 0.717) is 40.6 Å². The van der Waals surface area contributed by atoms with Gasteiger partial charge in [0.1, 0.15) is 23.0 Å². The highest BCUT2D eigenvalue weighted by Crippen LogP contribution is 2.29. The Balaban J connectivity index is 1.70. The number of ether oxygens (including phenoxy) is 1. The lowest BCUT2D eigenvalue weighted by Crippen LogP contribution is -2.29. The molecule has 0 aliphatic carbocycles. The monoisotopic (exact) mass is 525 g/mol. The summed E-state index contributed by atoms with van der Waals surface area (Å²) in [6.45, 7) is 11.0. The zero-order valence-electron chi connectivity index (χ0n) is 21.6. The van der Waals surface area contributed by atoms with Gasteiger partial charge in [0.2, 0.25) is 5.95 Å². The standard InChI is InChI=1S/C27H29ClFN5O3/c1-14-7-18(32-22(29)8-14)13-37-21-9-17(4)34(25(35)23(21)28)20-10-19(30-11-15(20)2)24-16(3)12-31-26(33-24)27(5,6)36/h7-10,12,15,36H,11,13H2,1-6H3/t15-/m1/s1. The van der Waals surface area contributed by atoms with Crippen molar-refractivity contribution in [2.24, 2.45) is 10.9 Å². The Morgan fingerprint density at radius 1 is 1.22 bits per heavy atom. The third-order valence-electron chi connectivity index (χ3n) is 6.01. The first kappa shape index (κ1) is 26.6. The number of allylic oxidation sites excluding steroid dienone is 1. The Labute approximate surface area is 219 Å². The van der Waals surface area contributed by atoms with Gasteiger partial charge in [-0.3, -0.25) is 14.4 Å². The van der Waals surface area contributed by atoms with Crippen molar-refractivity contribution < 1.29 is 14.2 Å². The lowest BCUT2D eigenvalue weighted by molar-refractivity contribution is 0.0686. The van der Waals surface area contributed by atoms with Gasteiger partial charge < -0.3 is 9.84 Å². The minimum atomic E-state index is -1.21. The van der Waals surface area contributed by atoms with Crippen LogP contribution in [0.2, 0.25) is 5.02 Å². The van der Waals surface area contributed by atoms with Crippen LogP contribution in [0.5, 0.6) is 5.75 Å². The van der Waals surface area contributed by atoms with Crippen molar-refractivity contribution in [1.82, 2.24) is 19.5 Å². The summed E-state index contributed by atoms with van der Waals surface area (Å²) in [5.74, 6) is -0.187. The van der Waals surface area contributed by atoms with E-state index in [9.17, 15) is 14.3 Å². The van der Waals surface area contributed by atoms with Crippen LogP contribution < -0.4 is 10.3 Å². The van der Waals surface area contributed by atoms with Crippen LogP contribution in [-0.4, -0.2) is 36.9 Å². The Morgan fingerprint density at radius 2 is 1.95 bits per heavy atom. The number of dihydropyridines is 1. The van der Waals surface area contributed by atoms with Crippen LogP contribution in [0.3, 0.4) is 0 Å². The Bertz CT molecular complexity index is 1470. The molecular weight excluding hydrogens is 497 g/mol. The van der Waals surface area contributed by atoms with E-state index in [2.05, 4.69) is 19.9 Å². The van der Waals surface area contributed by atoms with Crippen LogP contribution in [0, 0.1) is 32.6 Å². The number of hydrogen-bond acceptors (Lipinski definition) is 7. The maximum Gasteiger partial charge on any atom is 0.277 e. The maximum absolute atomic E-state index is 13.6. The van der Waals surface area contributed by atoms with Crippen molar-refractivity contribution >= 4 is 23.0 Å². The molecule has 4 heterocycles. The normalized spacial score (nSPS) is 15.9. The number of aliphatic imine (C=N–C) groups is 1. The molecule has 4 rings (SSSR count). The summed E-state index contributed by atoms with van der Waals surface area (Å²) in [5, 5.41) is 10.3. The molecule has 0 saturated heterocycles. The predicted molar refractivity (Wildman–Crippen MR) is 141 cm³/mol. The van der Waals surface area contributed by atoms with Crippen molar-refractivity contribution in [2.75, 3.05) is 6.54 Å². The summed E-state index contributed by atoms with van der Waals surface area (Å²) in [6, 6.07) is 4.71. The fourth-order valence-corrected chi connectivity index (χ4v) is 4.30. The molecule has 0 radical (unpaired) electrons. The molecule has 37 heavy (non-hydrogen) atoms. The first-order chi connectivity index (χ1) is 17.3. The van der Waals surface area contributed by atoms with Gasteiger partial charge in [0.25, 0.3) is 5.56 Å². The molecule has 0 spiro atoms. The van der Waals surface area contributed by atoms with Crippen molar-refractivity contribution in [1.29, 1.82) is 0 Å². The molecule has 0 saturated carbocycles. The zero-order chi connectivity index (χ0) is 27.1. The van der Waals surface area contributed by atoms with Crippen LogP contribution in [0.15, 0.2) is 40.3 Å². The van der Waals surface area contributed by atoms with Gasteiger partial charge >= 0.3 is 0 Å². The number of aromatic nitrogens is 4. The first-order valence-electron chi connectivity index (χ1n) is 11.9. The van der Waals surface area contributed by atoms with Crippen LogP contribution in [0.1, 0.15) is 54.8 Å². The number of hydrogen-bond donors (Lipinski definition) is 1. The average molecular weight is 526 g/mol. The lowest BCUT2D eigenvalue weighted by Gasteiger charge is -2.25. The van der Waals surface area contributed by atoms with Crippen molar-refractivity contribution in [3.63, 3.8) is 0 Å². The van der Waals surface area contributed by atoms with E-state index in [0.717, 1.165) is 5.56 Å². The van der Waals surface area contributed by atoms with Gasteiger partial charge in [0, 0.05) is 36.1 Å². The first-order valence-corrected chi connectivity index (χ1v) is 12.2. The van der Waals surface area contributed by atoms with E-state index >= 15 is 0 Å². The van der Waals surface area contributed by atoms with Crippen molar-refractivity contribution in [2.45, 2.75) is 53.8 Å². The largest absolute Gasteiger partial charge is 0.485 e. The molecule has 0 amide bonds. The van der Waals surface area contributed by atoms with E-state index in [1.807, 2.05) is 19.9 Å². The highest BCUT2D eigenvalue weighted by atomic mass is 35.5. The van der Waals surface area contributed by atoms with Crippen molar-refractivity contribution in [3.05, 3.63) is 85.8 Å². The summed E-state index contributed by atoms with van der Waals surface area (Å²) in [5.41, 5.74) is 2.77. The Hall–Kier alpha value is -3.43. The second kappa shape index (κ2) is 10.1. The highest BCUT2D eigenvalue weighted by molar-refractivity contribution is 6.31. The molecule has 3 aromatic heterocycles. The van der Waals surface area contributed by atoms with E-state index in [-0.39, 0.29) is 29.1 Å². The summed E-state index contributed by atoms with van der Waals surface area (Å²) in [4.78, 5) is 30.7. The fraction of sp³-hybridized carbons (Fsp3) is 0.370. The number of nitrogens with zero attached hydrogens (tertiary/aromatic N) is 5. The summed E-state index contributed by atoms with van der Waals surface area (Å²) in [6.07, 6.45) is 3.47. The number of halogens is 2. The number of pyridine rings is 2. The van der Waals surface area contributed by atoms with Gasteiger partial charge in [-0.2, -0.15) is 4.39 Å². The van der Waals surface area contributed by atoms with E-state index in [1.54, 1.807) is 50.6 Å². The van der Waals surface area contributed by atoms with Gasteiger partial charge in [-0.15, -0.1) is 0 Å². The highest BCUT2D eigenvalue weighted by Gasteiger charge is 2.26. The van der Waals surface area contributed by atoms with E-state index in [1.165, 1.54) is 6.07 Å². The summed E-state index contributed by atoms with van der Waals surface area (Å²) < 4.78 is 20.9. The molecule has 10 heteroatoms. The van der Waals surface area contributed by atoms with Gasteiger partial charge in [0.15, 0.2) is 5.82 Å². The molecule has 3 aromatic rings. The minimum Gasteiger partial charge on any atom is -0.485 e. The smallest absolute Gasteiger partial charge is 0.277 e. The lowest BCUT2D eigenvalue weighted by atomic mass is 9.99. The zero-order valence-corrected chi connectivity index (χ0v) is 22.4. The molecular formula is C27H29ClFN5O3. The molecule has 0 aromatic carbocycles. The average Bonchev–Trinajstić information content (AvgIpc) is 2.81. The third-order valence-corrected chi connectivity index (χ3v) is 6.36. The van der Waals surface area contributed by atoms with E-state index in [4.69, 9.17) is 16.3 Å². The van der Waals surface area contributed by atoms with Crippen LogP contribution >= 0.6 is 11.6 Å². The number of aryl methyl sites for hydroxylation is 3. The second-order valence-corrected chi connectivity index (χ2v) is 10.2. The fourth-order valence-electron chi connectivity index (χ4n) is 4.11. The molecule has 1 atom stereocenters. The molecule has 8 nitrogen and oxygen atoms in total. The molecule has 194 valence electrons. The topological polar surface area (TPSA) is 102 Å². The van der Waals surface area contributed by atoms with Crippen molar-refractivity contribution in [3.8, 4) is 5.75 Å². The molecule has 1 aliphatic rings. The Kier molecular flexibility index (Phi) is 7.30. The quantitative estimate of drug-likeness (QED) is 0.474. The second-order valence-electron chi connectivity index (χ2n) is 9.83. The molecule has 0 unspecified atom stereocenters. The summed E-state index contributed by atoms with van der Waals surface area (Å²) in [7, 11) is 0.